The Morgan fingerprint density at radius 3 is 2.76 bits per heavy atom. The monoisotopic (exact) mass is 233 g/mol. The minimum absolute atomic E-state index is 0.500. The lowest BCUT2D eigenvalue weighted by Crippen LogP contribution is -2.26. The second-order valence-electron chi connectivity index (χ2n) is 5.11. The van der Waals surface area contributed by atoms with Crippen molar-refractivity contribution >= 4 is 5.82 Å². The number of hydrogen-bond donors (Lipinski definition) is 1. The molecule has 0 saturated carbocycles. The maximum absolute atomic E-state index is 5.68. The Morgan fingerprint density at radius 2 is 2.18 bits per heavy atom. The van der Waals surface area contributed by atoms with E-state index in [2.05, 4.69) is 29.8 Å². The molecule has 0 aliphatic carbocycles. The third-order valence-corrected chi connectivity index (χ3v) is 4.31. The van der Waals surface area contributed by atoms with Crippen LogP contribution >= 0.6 is 0 Å². The molecule has 3 heteroatoms. The molecule has 94 valence electrons. The molecule has 0 aromatic carbocycles. The Labute approximate surface area is 104 Å². The highest BCUT2D eigenvalue weighted by Gasteiger charge is 2.35. The molecule has 1 aromatic heterocycles. The van der Waals surface area contributed by atoms with Gasteiger partial charge in [-0.2, -0.15) is 0 Å². The van der Waals surface area contributed by atoms with E-state index in [1.807, 2.05) is 12.3 Å². The Morgan fingerprint density at radius 1 is 1.41 bits per heavy atom. The first kappa shape index (κ1) is 12.4. The van der Waals surface area contributed by atoms with Crippen LogP contribution in [0.5, 0.6) is 0 Å². The molecule has 3 nitrogen and oxygen atoms in total. The third kappa shape index (κ3) is 2.44. The Balaban J connectivity index is 2.14. The number of anilines is 1. The average Bonchev–Trinajstić information content (AvgIpc) is 2.84. The summed E-state index contributed by atoms with van der Waals surface area (Å²) in [5, 5.41) is 0. The standard InChI is InChI=1S/C14H23N3/c1-3-14(4-2)6-8-17(11-14)13-9-12(10-15)5-7-16-13/h5,7,9H,3-4,6,8,10-11,15H2,1-2H3. The number of hydrogen-bond acceptors (Lipinski definition) is 3. The molecule has 0 radical (unpaired) electrons. The van der Waals surface area contributed by atoms with E-state index < -0.39 is 0 Å². The second kappa shape index (κ2) is 5.05. The van der Waals surface area contributed by atoms with Gasteiger partial charge >= 0.3 is 0 Å². The van der Waals surface area contributed by atoms with Gasteiger partial charge in [-0.25, -0.2) is 4.98 Å². The third-order valence-electron chi connectivity index (χ3n) is 4.31. The van der Waals surface area contributed by atoms with E-state index in [4.69, 9.17) is 5.73 Å². The fourth-order valence-corrected chi connectivity index (χ4v) is 2.72. The average molecular weight is 233 g/mol. The van der Waals surface area contributed by atoms with Crippen LogP contribution in [0.4, 0.5) is 5.82 Å². The van der Waals surface area contributed by atoms with Gasteiger partial charge in [0.15, 0.2) is 0 Å². The molecule has 2 heterocycles. The Hall–Kier alpha value is -1.09. The summed E-state index contributed by atoms with van der Waals surface area (Å²) in [5.74, 6) is 1.09. The maximum atomic E-state index is 5.68. The second-order valence-corrected chi connectivity index (χ2v) is 5.11. The molecule has 1 saturated heterocycles. The molecular weight excluding hydrogens is 210 g/mol. The predicted molar refractivity (Wildman–Crippen MR) is 72.0 cm³/mol. The van der Waals surface area contributed by atoms with Crippen LogP contribution in [0.25, 0.3) is 0 Å². The Bertz CT molecular complexity index is 371. The molecular formula is C14H23N3. The highest BCUT2D eigenvalue weighted by atomic mass is 15.2. The summed E-state index contributed by atoms with van der Waals surface area (Å²) >= 11 is 0. The lowest BCUT2D eigenvalue weighted by Gasteiger charge is -2.26. The van der Waals surface area contributed by atoms with Crippen molar-refractivity contribution in [3.63, 3.8) is 0 Å². The maximum Gasteiger partial charge on any atom is 0.128 e. The number of rotatable bonds is 4. The zero-order chi connectivity index (χ0) is 12.3. The summed E-state index contributed by atoms with van der Waals surface area (Å²) < 4.78 is 0. The van der Waals surface area contributed by atoms with Crippen molar-refractivity contribution in [2.24, 2.45) is 11.1 Å². The van der Waals surface area contributed by atoms with Crippen molar-refractivity contribution in [1.82, 2.24) is 4.98 Å². The zero-order valence-electron chi connectivity index (χ0n) is 10.9. The van der Waals surface area contributed by atoms with Crippen LogP contribution in [0.2, 0.25) is 0 Å². The molecule has 17 heavy (non-hydrogen) atoms. The molecule has 0 bridgehead atoms. The minimum atomic E-state index is 0.500. The van der Waals surface area contributed by atoms with Crippen LogP contribution < -0.4 is 10.6 Å². The quantitative estimate of drug-likeness (QED) is 0.869. The van der Waals surface area contributed by atoms with Crippen molar-refractivity contribution in [1.29, 1.82) is 0 Å². The van der Waals surface area contributed by atoms with E-state index in [1.165, 1.54) is 24.8 Å². The van der Waals surface area contributed by atoms with E-state index in [1.54, 1.807) is 0 Å². The van der Waals surface area contributed by atoms with Crippen LogP contribution in [0.15, 0.2) is 18.3 Å². The van der Waals surface area contributed by atoms with Crippen molar-refractivity contribution in [3.8, 4) is 0 Å². The lowest BCUT2D eigenvalue weighted by molar-refractivity contribution is 0.301. The van der Waals surface area contributed by atoms with Gasteiger partial charge in [-0.1, -0.05) is 13.8 Å². The van der Waals surface area contributed by atoms with Crippen LogP contribution in [-0.4, -0.2) is 18.1 Å². The summed E-state index contributed by atoms with van der Waals surface area (Å²) in [6.45, 7) is 7.47. The predicted octanol–water partition coefficient (Wildman–Crippen LogP) is 2.56. The van der Waals surface area contributed by atoms with Gasteiger partial charge in [0.2, 0.25) is 0 Å². The first-order chi connectivity index (χ1) is 8.23. The van der Waals surface area contributed by atoms with Crippen molar-refractivity contribution < 1.29 is 0 Å². The van der Waals surface area contributed by atoms with E-state index in [-0.39, 0.29) is 0 Å². The zero-order valence-corrected chi connectivity index (χ0v) is 10.9. The normalized spacial score (nSPS) is 18.6. The van der Waals surface area contributed by atoms with Gasteiger partial charge in [-0.05, 0) is 42.4 Å². The van der Waals surface area contributed by atoms with Crippen LogP contribution in [0.3, 0.4) is 0 Å². The van der Waals surface area contributed by atoms with Gasteiger partial charge in [0.1, 0.15) is 5.82 Å². The molecule has 1 aliphatic heterocycles. The molecule has 2 rings (SSSR count). The van der Waals surface area contributed by atoms with Crippen molar-refractivity contribution in [2.45, 2.75) is 39.7 Å². The number of aromatic nitrogens is 1. The molecule has 2 N–H and O–H groups in total. The lowest BCUT2D eigenvalue weighted by atomic mass is 9.82. The topological polar surface area (TPSA) is 42.1 Å². The van der Waals surface area contributed by atoms with Gasteiger partial charge in [-0.3, -0.25) is 0 Å². The first-order valence-corrected chi connectivity index (χ1v) is 6.63. The summed E-state index contributed by atoms with van der Waals surface area (Å²) in [4.78, 5) is 6.88. The molecule has 1 aliphatic rings. The van der Waals surface area contributed by atoms with Gasteiger partial charge in [-0.15, -0.1) is 0 Å². The molecule has 0 amide bonds. The minimum Gasteiger partial charge on any atom is -0.356 e. The summed E-state index contributed by atoms with van der Waals surface area (Å²) in [5.41, 5.74) is 7.34. The van der Waals surface area contributed by atoms with E-state index in [0.29, 0.717) is 12.0 Å². The number of nitrogens with two attached hydrogens (primary N) is 1. The largest absolute Gasteiger partial charge is 0.356 e. The molecule has 1 fully saturated rings. The van der Waals surface area contributed by atoms with Crippen LogP contribution in [-0.2, 0) is 6.54 Å². The van der Waals surface area contributed by atoms with Crippen molar-refractivity contribution in [3.05, 3.63) is 23.9 Å². The smallest absolute Gasteiger partial charge is 0.128 e. The summed E-state index contributed by atoms with van der Waals surface area (Å²) in [6.07, 6.45) is 5.68. The van der Waals surface area contributed by atoms with Gasteiger partial charge in [0, 0.05) is 25.8 Å². The van der Waals surface area contributed by atoms with Crippen molar-refractivity contribution in [2.75, 3.05) is 18.0 Å². The van der Waals surface area contributed by atoms with Gasteiger partial charge in [0.25, 0.3) is 0 Å². The van der Waals surface area contributed by atoms with Gasteiger partial charge < -0.3 is 10.6 Å². The van der Waals surface area contributed by atoms with Crippen LogP contribution in [0.1, 0.15) is 38.7 Å². The Kier molecular flexibility index (Phi) is 3.67. The highest BCUT2D eigenvalue weighted by Crippen LogP contribution is 2.38. The molecule has 0 unspecified atom stereocenters. The van der Waals surface area contributed by atoms with Crippen LogP contribution in [0, 0.1) is 5.41 Å². The first-order valence-electron chi connectivity index (χ1n) is 6.63. The molecule has 1 aromatic rings. The highest BCUT2D eigenvalue weighted by molar-refractivity contribution is 5.42. The number of pyridine rings is 1. The number of nitrogens with zero attached hydrogens (tertiary/aromatic N) is 2. The summed E-state index contributed by atoms with van der Waals surface area (Å²) in [6, 6.07) is 4.12. The SMILES string of the molecule is CCC1(CC)CCN(c2cc(CN)ccn2)C1. The fraction of sp³-hybridized carbons (Fsp3) is 0.643. The van der Waals surface area contributed by atoms with E-state index >= 15 is 0 Å². The van der Waals surface area contributed by atoms with E-state index in [0.717, 1.165) is 18.9 Å². The van der Waals surface area contributed by atoms with E-state index in [9.17, 15) is 0 Å². The fourth-order valence-electron chi connectivity index (χ4n) is 2.72. The van der Waals surface area contributed by atoms with Gasteiger partial charge in [0.05, 0.1) is 0 Å². The molecule has 0 spiro atoms. The molecule has 0 atom stereocenters. The summed E-state index contributed by atoms with van der Waals surface area (Å²) in [7, 11) is 0.